The number of nitrogens with zero attached hydrogens (tertiary/aromatic N) is 1. The first-order valence-electron chi connectivity index (χ1n) is 6.87. The van der Waals surface area contributed by atoms with Crippen LogP contribution in [0.2, 0.25) is 0 Å². The first-order chi connectivity index (χ1) is 8.16. The standard InChI is InChI=1S/C13H25N3O/c1-16(9-12(17)15-11-5-6-11)13(10-14)7-3-2-4-8-13/h11H,2-10,14H2,1H3,(H,15,17). The molecule has 2 aliphatic carbocycles. The van der Waals surface area contributed by atoms with E-state index >= 15 is 0 Å². The Hall–Kier alpha value is -0.610. The lowest BCUT2D eigenvalue weighted by molar-refractivity contribution is -0.123. The maximum Gasteiger partial charge on any atom is 0.234 e. The number of rotatable bonds is 5. The van der Waals surface area contributed by atoms with Gasteiger partial charge in [0.15, 0.2) is 0 Å². The van der Waals surface area contributed by atoms with Crippen molar-refractivity contribution in [2.24, 2.45) is 5.73 Å². The van der Waals surface area contributed by atoms with Gasteiger partial charge in [-0.25, -0.2) is 0 Å². The first kappa shape index (κ1) is 12.8. The van der Waals surface area contributed by atoms with Crippen LogP contribution in [0.15, 0.2) is 0 Å². The van der Waals surface area contributed by atoms with E-state index in [4.69, 9.17) is 5.73 Å². The highest BCUT2D eigenvalue weighted by atomic mass is 16.2. The Morgan fingerprint density at radius 1 is 1.35 bits per heavy atom. The van der Waals surface area contributed by atoms with Gasteiger partial charge < -0.3 is 11.1 Å². The van der Waals surface area contributed by atoms with E-state index in [1.54, 1.807) is 0 Å². The molecule has 2 saturated carbocycles. The second-order valence-corrected chi connectivity index (χ2v) is 5.69. The molecule has 0 aromatic heterocycles. The second kappa shape index (κ2) is 5.36. The molecule has 0 heterocycles. The summed E-state index contributed by atoms with van der Waals surface area (Å²) < 4.78 is 0. The second-order valence-electron chi connectivity index (χ2n) is 5.69. The summed E-state index contributed by atoms with van der Waals surface area (Å²) in [6.07, 6.45) is 8.36. The van der Waals surface area contributed by atoms with Gasteiger partial charge in [0.05, 0.1) is 6.54 Å². The third-order valence-electron chi connectivity index (χ3n) is 4.30. The fourth-order valence-electron chi connectivity index (χ4n) is 2.84. The van der Waals surface area contributed by atoms with E-state index < -0.39 is 0 Å². The SMILES string of the molecule is CN(CC(=O)NC1CC1)C1(CN)CCCCC1. The van der Waals surface area contributed by atoms with E-state index in [9.17, 15) is 4.79 Å². The highest BCUT2D eigenvalue weighted by Gasteiger charge is 2.35. The van der Waals surface area contributed by atoms with Gasteiger partial charge in [-0.15, -0.1) is 0 Å². The summed E-state index contributed by atoms with van der Waals surface area (Å²) in [6, 6.07) is 0.455. The zero-order chi connectivity index (χ0) is 12.3. The van der Waals surface area contributed by atoms with Crippen molar-refractivity contribution in [3.63, 3.8) is 0 Å². The van der Waals surface area contributed by atoms with E-state index in [0.29, 0.717) is 19.1 Å². The fraction of sp³-hybridized carbons (Fsp3) is 0.923. The summed E-state index contributed by atoms with van der Waals surface area (Å²) in [5.74, 6) is 0.161. The summed E-state index contributed by atoms with van der Waals surface area (Å²) in [4.78, 5) is 14.0. The zero-order valence-corrected chi connectivity index (χ0v) is 10.9. The van der Waals surface area contributed by atoms with Crippen molar-refractivity contribution in [3.05, 3.63) is 0 Å². The van der Waals surface area contributed by atoms with Gasteiger partial charge in [-0.05, 0) is 32.7 Å². The van der Waals surface area contributed by atoms with E-state index in [-0.39, 0.29) is 11.4 Å². The number of nitrogens with two attached hydrogens (primary N) is 1. The van der Waals surface area contributed by atoms with Crippen LogP contribution in [0.5, 0.6) is 0 Å². The van der Waals surface area contributed by atoms with Crippen LogP contribution < -0.4 is 11.1 Å². The lowest BCUT2D eigenvalue weighted by Crippen LogP contribution is -2.55. The Morgan fingerprint density at radius 3 is 2.53 bits per heavy atom. The highest BCUT2D eigenvalue weighted by Crippen LogP contribution is 2.31. The molecule has 0 saturated heterocycles. The van der Waals surface area contributed by atoms with Gasteiger partial charge in [-0.3, -0.25) is 9.69 Å². The largest absolute Gasteiger partial charge is 0.352 e. The average Bonchev–Trinajstić information content (AvgIpc) is 3.13. The zero-order valence-electron chi connectivity index (χ0n) is 10.9. The van der Waals surface area contributed by atoms with Crippen LogP contribution in [0.1, 0.15) is 44.9 Å². The van der Waals surface area contributed by atoms with E-state index in [0.717, 1.165) is 25.7 Å². The number of hydrogen-bond donors (Lipinski definition) is 2. The molecule has 17 heavy (non-hydrogen) atoms. The molecule has 0 atom stereocenters. The summed E-state index contributed by atoms with van der Waals surface area (Å²) in [7, 11) is 2.05. The van der Waals surface area contributed by atoms with Gasteiger partial charge in [0.1, 0.15) is 0 Å². The van der Waals surface area contributed by atoms with Crippen LogP contribution in [-0.2, 0) is 4.79 Å². The number of carbonyl (C=O) groups excluding carboxylic acids is 1. The Labute approximate surface area is 104 Å². The van der Waals surface area contributed by atoms with Crippen LogP contribution in [0.25, 0.3) is 0 Å². The van der Waals surface area contributed by atoms with Crippen LogP contribution in [0.4, 0.5) is 0 Å². The molecule has 0 aliphatic heterocycles. The quantitative estimate of drug-likeness (QED) is 0.748. The number of hydrogen-bond acceptors (Lipinski definition) is 3. The highest BCUT2D eigenvalue weighted by molar-refractivity contribution is 5.78. The van der Waals surface area contributed by atoms with Gasteiger partial charge in [-0.1, -0.05) is 19.3 Å². The van der Waals surface area contributed by atoms with Crippen molar-refractivity contribution in [2.75, 3.05) is 20.1 Å². The Balaban J connectivity index is 1.86. The van der Waals surface area contributed by atoms with Gasteiger partial charge in [0, 0.05) is 18.1 Å². The maximum absolute atomic E-state index is 11.8. The molecule has 0 spiro atoms. The molecule has 0 unspecified atom stereocenters. The third-order valence-corrected chi connectivity index (χ3v) is 4.30. The molecule has 4 heteroatoms. The van der Waals surface area contributed by atoms with Crippen LogP contribution in [-0.4, -0.2) is 42.5 Å². The number of nitrogens with one attached hydrogen (secondary N) is 1. The van der Waals surface area contributed by atoms with Crippen molar-refractivity contribution < 1.29 is 4.79 Å². The monoisotopic (exact) mass is 239 g/mol. The van der Waals surface area contributed by atoms with Crippen LogP contribution in [0, 0.1) is 0 Å². The minimum atomic E-state index is 0.0686. The minimum Gasteiger partial charge on any atom is -0.352 e. The lowest BCUT2D eigenvalue weighted by atomic mass is 9.80. The number of amides is 1. The molecule has 2 rings (SSSR count). The van der Waals surface area contributed by atoms with Gasteiger partial charge >= 0.3 is 0 Å². The first-order valence-corrected chi connectivity index (χ1v) is 6.87. The molecule has 1 amide bonds. The van der Waals surface area contributed by atoms with Crippen LogP contribution >= 0.6 is 0 Å². The van der Waals surface area contributed by atoms with Crippen molar-refractivity contribution in [2.45, 2.75) is 56.5 Å². The fourth-order valence-corrected chi connectivity index (χ4v) is 2.84. The molecule has 0 bridgehead atoms. The molecular formula is C13H25N3O. The van der Waals surface area contributed by atoms with Crippen molar-refractivity contribution in [1.82, 2.24) is 10.2 Å². The third kappa shape index (κ3) is 3.19. The number of likely N-dealkylation sites (N-methyl/N-ethyl adjacent to an activating group) is 1. The molecular weight excluding hydrogens is 214 g/mol. The van der Waals surface area contributed by atoms with E-state index in [2.05, 4.69) is 10.2 Å². The summed E-state index contributed by atoms with van der Waals surface area (Å²) in [5.41, 5.74) is 6.02. The molecule has 4 nitrogen and oxygen atoms in total. The number of carbonyl (C=O) groups is 1. The normalized spacial score (nSPS) is 23.7. The van der Waals surface area contributed by atoms with Crippen molar-refractivity contribution in [3.8, 4) is 0 Å². The predicted molar refractivity (Wildman–Crippen MR) is 68.7 cm³/mol. The van der Waals surface area contributed by atoms with Gasteiger partial charge in [0.2, 0.25) is 5.91 Å². The van der Waals surface area contributed by atoms with Gasteiger partial charge in [0.25, 0.3) is 0 Å². The Morgan fingerprint density at radius 2 is 2.00 bits per heavy atom. The molecule has 98 valence electrons. The summed E-state index contributed by atoms with van der Waals surface area (Å²) in [6.45, 7) is 1.16. The van der Waals surface area contributed by atoms with Gasteiger partial charge in [-0.2, -0.15) is 0 Å². The molecule has 2 aliphatic rings. The summed E-state index contributed by atoms with van der Waals surface area (Å²) >= 11 is 0. The molecule has 0 radical (unpaired) electrons. The van der Waals surface area contributed by atoms with Crippen LogP contribution in [0.3, 0.4) is 0 Å². The molecule has 3 N–H and O–H groups in total. The average molecular weight is 239 g/mol. The van der Waals surface area contributed by atoms with Crippen molar-refractivity contribution >= 4 is 5.91 Å². The smallest absolute Gasteiger partial charge is 0.234 e. The minimum absolute atomic E-state index is 0.0686. The topological polar surface area (TPSA) is 58.4 Å². The van der Waals surface area contributed by atoms with E-state index in [1.165, 1.54) is 19.3 Å². The Bertz CT molecular complexity index is 270. The lowest BCUT2D eigenvalue weighted by Gasteiger charge is -2.43. The van der Waals surface area contributed by atoms with E-state index in [1.807, 2.05) is 7.05 Å². The summed E-state index contributed by atoms with van der Waals surface area (Å²) in [5, 5.41) is 3.04. The van der Waals surface area contributed by atoms with Crippen molar-refractivity contribution in [1.29, 1.82) is 0 Å². The Kier molecular flexibility index (Phi) is 4.05. The maximum atomic E-state index is 11.8. The predicted octanol–water partition coefficient (Wildman–Crippen LogP) is 0.858. The molecule has 2 fully saturated rings. The molecule has 0 aromatic carbocycles. The molecule has 0 aromatic rings.